The van der Waals surface area contributed by atoms with Gasteiger partial charge in [0, 0.05) is 6.54 Å². The van der Waals surface area contributed by atoms with Gasteiger partial charge in [-0.05, 0) is 43.5 Å². The molecule has 0 saturated carbocycles. The fourth-order valence-electron chi connectivity index (χ4n) is 2.72. The number of carbonyl (C=O) groups excluding carboxylic acids is 1. The molecule has 2 rings (SSSR count). The van der Waals surface area contributed by atoms with E-state index in [4.69, 9.17) is 0 Å². The molecule has 0 radical (unpaired) electrons. The first-order valence-corrected chi connectivity index (χ1v) is 8.64. The first kappa shape index (κ1) is 15.9. The number of sulfonamides is 1. The van der Waals surface area contributed by atoms with Crippen LogP contribution >= 0.6 is 0 Å². The van der Waals surface area contributed by atoms with E-state index >= 15 is 0 Å². The summed E-state index contributed by atoms with van der Waals surface area (Å²) in [6.07, 6.45) is 1.59. The molecule has 0 fully saturated rings. The summed E-state index contributed by atoms with van der Waals surface area (Å²) >= 11 is 0. The van der Waals surface area contributed by atoms with Crippen molar-refractivity contribution in [3.63, 3.8) is 0 Å². The smallest absolute Gasteiger partial charge is 0.240 e. The van der Waals surface area contributed by atoms with Gasteiger partial charge in [0.1, 0.15) is 5.82 Å². The summed E-state index contributed by atoms with van der Waals surface area (Å²) < 4.78 is 38.0. The van der Waals surface area contributed by atoms with Gasteiger partial charge in [-0.15, -0.1) is 0 Å². The van der Waals surface area contributed by atoms with Crippen molar-refractivity contribution in [3.8, 4) is 0 Å². The third-order valence-corrected chi connectivity index (χ3v) is 4.47. The van der Waals surface area contributed by atoms with Crippen LogP contribution in [0.5, 0.6) is 0 Å². The van der Waals surface area contributed by atoms with E-state index in [1.807, 2.05) is 6.92 Å². The van der Waals surface area contributed by atoms with Crippen molar-refractivity contribution in [2.75, 3.05) is 12.8 Å². The third kappa shape index (κ3) is 3.59. The van der Waals surface area contributed by atoms with E-state index in [0.29, 0.717) is 13.0 Å². The largest absolute Gasteiger partial charge is 0.334 e. The Morgan fingerprint density at radius 3 is 2.76 bits per heavy atom. The molecule has 0 aromatic heterocycles. The number of hydrogen-bond donors (Lipinski definition) is 1. The predicted octanol–water partition coefficient (Wildman–Crippen LogP) is 1.21. The van der Waals surface area contributed by atoms with Gasteiger partial charge in [0.15, 0.2) is 0 Å². The van der Waals surface area contributed by atoms with Crippen LogP contribution in [-0.2, 0) is 21.2 Å². The molecule has 1 aliphatic rings. The lowest BCUT2D eigenvalue weighted by molar-refractivity contribution is -0.135. The van der Waals surface area contributed by atoms with E-state index in [2.05, 4.69) is 4.72 Å². The zero-order chi connectivity index (χ0) is 15.8. The summed E-state index contributed by atoms with van der Waals surface area (Å²) in [5.41, 5.74) is 1.80. The molecule has 1 aromatic carbocycles. The number of nitrogens with one attached hydrogen (secondary N) is 1. The maximum absolute atomic E-state index is 13.2. The molecule has 21 heavy (non-hydrogen) atoms. The first-order chi connectivity index (χ1) is 9.69. The van der Waals surface area contributed by atoms with Crippen molar-refractivity contribution in [3.05, 3.63) is 35.1 Å². The molecule has 0 spiro atoms. The Hall–Kier alpha value is -1.47. The Kier molecular flexibility index (Phi) is 4.34. The SMILES string of the molecule is CC(NS(C)(=O)=O)C(=O)N1CCc2cc(F)ccc2C1C. The van der Waals surface area contributed by atoms with Gasteiger partial charge < -0.3 is 4.90 Å². The number of fused-ring (bicyclic) bond motifs is 1. The normalized spacial score (nSPS) is 20.0. The van der Waals surface area contributed by atoms with Crippen molar-refractivity contribution >= 4 is 15.9 Å². The Morgan fingerprint density at radius 1 is 1.48 bits per heavy atom. The molecule has 7 heteroatoms. The molecule has 2 atom stereocenters. The second-order valence-corrected chi connectivity index (χ2v) is 7.19. The molecular formula is C14H19FN2O3S. The van der Waals surface area contributed by atoms with Crippen LogP contribution in [0.1, 0.15) is 31.0 Å². The summed E-state index contributed by atoms with van der Waals surface area (Å²) in [6, 6.07) is 3.53. The van der Waals surface area contributed by atoms with Gasteiger partial charge in [-0.25, -0.2) is 17.5 Å². The number of amides is 1. The average molecular weight is 314 g/mol. The highest BCUT2D eigenvalue weighted by atomic mass is 32.2. The van der Waals surface area contributed by atoms with Crippen LogP contribution in [-0.4, -0.2) is 38.1 Å². The Labute approximate surface area is 124 Å². The summed E-state index contributed by atoms with van der Waals surface area (Å²) in [6.45, 7) is 3.84. The number of hydrogen-bond acceptors (Lipinski definition) is 3. The van der Waals surface area contributed by atoms with E-state index in [1.165, 1.54) is 19.1 Å². The van der Waals surface area contributed by atoms with Gasteiger partial charge in [-0.2, -0.15) is 0 Å². The molecule has 1 N–H and O–H groups in total. The fourth-order valence-corrected chi connectivity index (χ4v) is 3.47. The monoisotopic (exact) mass is 314 g/mol. The Bertz CT molecular complexity index is 660. The van der Waals surface area contributed by atoms with E-state index in [9.17, 15) is 17.6 Å². The molecule has 5 nitrogen and oxygen atoms in total. The summed E-state index contributed by atoms with van der Waals surface area (Å²) in [7, 11) is -3.44. The Balaban J connectivity index is 2.19. The Morgan fingerprint density at radius 2 is 2.14 bits per heavy atom. The molecule has 0 aliphatic carbocycles. The molecule has 0 saturated heterocycles. The van der Waals surface area contributed by atoms with Crippen molar-refractivity contribution in [1.29, 1.82) is 0 Å². The van der Waals surface area contributed by atoms with E-state index in [-0.39, 0.29) is 17.8 Å². The van der Waals surface area contributed by atoms with Crippen LogP contribution in [0.4, 0.5) is 4.39 Å². The van der Waals surface area contributed by atoms with Gasteiger partial charge >= 0.3 is 0 Å². The third-order valence-electron chi connectivity index (χ3n) is 3.69. The second kappa shape index (κ2) is 5.73. The second-order valence-electron chi connectivity index (χ2n) is 5.41. The highest BCUT2D eigenvalue weighted by Crippen LogP contribution is 2.30. The van der Waals surface area contributed by atoms with Gasteiger partial charge in [-0.3, -0.25) is 4.79 Å². The average Bonchev–Trinajstić information content (AvgIpc) is 2.36. The van der Waals surface area contributed by atoms with Crippen molar-refractivity contribution in [2.24, 2.45) is 0 Å². The van der Waals surface area contributed by atoms with Crippen molar-refractivity contribution in [1.82, 2.24) is 9.62 Å². The molecule has 116 valence electrons. The van der Waals surface area contributed by atoms with Crippen LogP contribution < -0.4 is 4.72 Å². The zero-order valence-corrected chi connectivity index (χ0v) is 13.1. The fraction of sp³-hybridized carbons (Fsp3) is 0.500. The molecule has 2 unspecified atom stereocenters. The molecule has 1 amide bonds. The minimum absolute atomic E-state index is 0.203. The number of halogens is 1. The van der Waals surface area contributed by atoms with Crippen LogP contribution in [0.15, 0.2) is 18.2 Å². The number of rotatable bonds is 3. The number of carbonyl (C=O) groups is 1. The van der Waals surface area contributed by atoms with E-state index in [0.717, 1.165) is 17.4 Å². The lowest BCUT2D eigenvalue weighted by Gasteiger charge is -2.36. The van der Waals surface area contributed by atoms with Gasteiger partial charge in [-0.1, -0.05) is 6.07 Å². The van der Waals surface area contributed by atoms with Gasteiger partial charge in [0.2, 0.25) is 15.9 Å². The topological polar surface area (TPSA) is 66.5 Å². The molecular weight excluding hydrogens is 295 g/mol. The van der Waals surface area contributed by atoms with Crippen LogP contribution in [0.3, 0.4) is 0 Å². The molecule has 1 aliphatic heterocycles. The van der Waals surface area contributed by atoms with Crippen molar-refractivity contribution in [2.45, 2.75) is 32.4 Å². The minimum Gasteiger partial charge on any atom is -0.334 e. The summed E-state index contributed by atoms with van der Waals surface area (Å²) in [5.74, 6) is -0.560. The van der Waals surface area contributed by atoms with Crippen LogP contribution in [0.25, 0.3) is 0 Å². The van der Waals surface area contributed by atoms with Gasteiger partial charge in [0.25, 0.3) is 0 Å². The number of benzene rings is 1. The maximum atomic E-state index is 13.2. The lowest BCUT2D eigenvalue weighted by atomic mass is 9.93. The first-order valence-electron chi connectivity index (χ1n) is 6.75. The standard InChI is InChI=1S/C14H19FN2O3S/c1-9(16-21(3,19)20)14(18)17-7-6-11-8-12(15)4-5-13(11)10(17)2/h4-5,8-10,16H,6-7H2,1-3H3. The van der Waals surface area contributed by atoms with Gasteiger partial charge in [0.05, 0.1) is 18.3 Å². The summed E-state index contributed by atoms with van der Waals surface area (Å²) in [4.78, 5) is 14.0. The van der Waals surface area contributed by atoms with E-state index < -0.39 is 16.1 Å². The van der Waals surface area contributed by atoms with Crippen molar-refractivity contribution < 1.29 is 17.6 Å². The predicted molar refractivity (Wildman–Crippen MR) is 77.7 cm³/mol. The van der Waals surface area contributed by atoms with Crippen LogP contribution in [0.2, 0.25) is 0 Å². The quantitative estimate of drug-likeness (QED) is 0.912. The highest BCUT2D eigenvalue weighted by Gasteiger charge is 2.31. The minimum atomic E-state index is -3.44. The number of nitrogens with zero attached hydrogens (tertiary/aromatic N) is 1. The maximum Gasteiger partial charge on any atom is 0.240 e. The molecule has 1 aromatic rings. The molecule has 1 heterocycles. The highest BCUT2D eigenvalue weighted by molar-refractivity contribution is 7.88. The molecule has 0 bridgehead atoms. The summed E-state index contributed by atoms with van der Waals surface area (Å²) in [5, 5.41) is 0. The van der Waals surface area contributed by atoms with Crippen LogP contribution in [0, 0.1) is 5.82 Å². The zero-order valence-electron chi connectivity index (χ0n) is 12.3. The lowest BCUT2D eigenvalue weighted by Crippen LogP contribution is -2.49. The van der Waals surface area contributed by atoms with E-state index in [1.54, 1.807) is 11.0 Å².